The van der Waals surface area contributed by atoms with Gasteiger partial charge in [-0.25, -0.2) is 18.6 Å². The van der Waals surface area contributed by atoms with Crippen LogP contribution in [-0.2, 0) is 9.53 Å². The molecule has 0 aliphatic carbocycles. The highest BCUT2D eigenvalue weighted by atomic mass is 19.1. The summed E-state index contributed by atoms with van der Waals surface area (Å²) < 4.78 is 42.1. The number of cyclic esters (lactones) is 1. The number of rotatable bonds is 4. The van der Waals surface area contributed by atoms with Crippen molar-refractivity contribution >= 4 is 17.9 Å². The smallest absolute Gasteiger partial charge is 0.363 e. The number of esters is 1. The van der Waals surface area contributed by atoms with Crippen LogP contribution in [0.3, 0.4) is 0 Å². The molecule has 0 saturated heterocycles. The zero-order chi connectivity index (χ0) is 18.0. The molecule has 0 fully saturated rings. The molecule has 25 heavy (non-hydrogen) atoms. The van der Waals surface area contributed by atoms with Crippen LogP contribution in [-0.4, -0.2) is 26.1 Å². The van der Waals surface area contributed by atoms with E-state index in [1.165, 1.54) is 20.3 Å². The van der Waals surface area contributed by atoms with Crippen molar-refractivity contribution in [2.24, 2.45) is 4.99 Å². The molecular weight excluding hydrogens is 332 g/mol. The Balaban J connectivity index is 1.98. The summed E-state index contributed by atoms with van der Waals surface area (Å²) >= 11 is 0. The molecule has 0 spiro atoms. The third-order valence-corrected chi connectivity index (χ3v) is 3.46. The minimum atomic E-state index is -0.865. The van der Waals surface area contributed by atoms with Gasteiger partial charge in [0.05, 0.1) is 19.8 Å². The predicted octanol–water partition coefficient (Wildman–Crippen LogP) is 3.33. The second-order valence-electron chi connectivity index (χ2n) is 5.11. The molecule has 5 nitrogen and oxygen atoms in total. The molecular formula is C18H13F2NO4. The first-order chi connectivity index (χ1) is 12.0. The van der Waals surface area contributed by atoms with E-state index in [1.54, 1.807) is 18.2 Å². The number of halogens is 2. The van der Waals surface area contributed by atoms with E-state index in [2.05, 4.69) is 4.99 Å². The zero-order valence-electron chi connectivity index (χ0n) is 13.4. The first kappa shape index (κ1) is 16.6. The third-order valence-electron chi connectivity index (χ3n) is 3.46. The molecule has 2 aromatic rings. The first-order valence-electron chi connectivity index (χ1n) is 7.21. The number of hydrogen-bond acceptors (Lipinski definition) is 5. The van der Waals surface area contributed by atoms with Gasteiger partial charge in [0.2, 0.25) is 5.90 Å². The van der Waals surface area contributed by atoms with E-state index < -0.39 is 17.6 Å². The van der Waals surface area contributed by atoms with Crippen molar-refractivity contribution in [3.63, 3.8) is 0 Å². The maximum Gasteiger partial charge on any atom is 0.363 e. The van der Waals surface area contributed by atoms with E-state index >= 15 is 0 Å². The largest absolute Gasteiger partial charge is 0.497 e. The molecule has 0 atom stereocenters. The topological polar surface area (TPSA) is 57.1 Å². The van der Waals surface area contributed by atoms with Gasteiger partial charge in [-0.2, -0.15) is 0 Å². The molecule has 128 valence electrons. The van der Waals surface area contributed by atoms with E-state index in [-0.39, 0.29) is 17.2 Å². The van der Waals surface area contributed by atoms with Gasteiger partial charge in [-0.05, 0) is 35.9 Å². The second-order valence-corrected chi connectivity index (χ2v) is 5.11. The van der Waals surface area contributed by atoms with Crippen LogP contribution >= 0.6 is 0 Å². The van der Waals surface area contributed by atoms with Crippen molar-refractivity contribution in [3.05, 3.63) is 64.9 Å². The molecule has 0 unspecified atom stereocenters. The fraction of sp³-hybridized carbons (Fsp3) is 0.111. The van der Waals surface area contributed by atoms with Gasteiger partial charge in [0.25, 0.3) is 0 Å². The van der Waals surface area contributed by atoms with Crippen LogP contribution in [0.4, 0.5) is 8.78 Å². The van der Waals surface area contributed by atoms with Crippen LogP contribution in [0.1, 0.15) is 11.1 Å². The quantitative estimate of drug-likeness (QED) is 0.630. The first-order valence-corrected chi connectivity index (χ1v) is 7.21. The highest BCUT2D eigenvalue weighted by Gasteiger charge is 2.26. The normalized spacial score (nSPS) is 15.1. The Bertz CT molecular complexity index is 884. The van der Waals surface area contributed by atoms with Gasteiger partial charge < -0.3 is 14.2 Å². The van der Waals surface area contributed by atoms with Crippen molar-refractivity contribution in [1.29, 1.82) is 0 Å². The minimum Gasteiger partial charge on any atom is -0.497 e. The molecule has 1 aliphatic rings. The summed E-state index contributed by atoms with van der Waals surface area (Å²) in [6.45, 7) is 0. The Morgan fingerprint density at radius 1 is 1.04 bits per heavy atom. The lowest BCUT2D eigenvalue weighted by Gasteiger charge is -2.05. The van der Waals surface area contributed by atoms with E-state index in [4.69, 9.17) is 14.2 Å². The van der Waals surface area contributed by atoms with Gasteiger partial charge >= 0.3 is 5.97 Å². The number of ether oxygens (including phenoxy) is 3. The van der Waals surface area contributed by atoms with E-state index in [1.807, 2.05) is 0 Å². The van der Waals surface area contributed by atoms with Gasteiger partial charge in [-0.15, -0.1) is 0 Å². The summed E-state index contributed by atoms with van der Waals surface area (Å²) in [5.41, 5.74) is 0.475. The number of methoxy groups -OCH3 is 2. The van der Waals surface area contributed by atoms with Crippen molar-refractivity contribution in [1.82, 2.24) is 0 Å². The summed E-state index contributed by atoms with van der Waals surface area (Å²) in [6, 6.07) is 7.94. The summed E-state index contributed by atoms with van der Waals surface area (Å²) in [5.74, 6) is -1.48. The Morgan fingerprint density at radius 3 is 2.32 bits per heavy atom. The van der Waals surface area contributed by atoms with E-state index in [0.717, 1.165) is 12.1 Å². The Kier molecular flexibility index (Phi) is 4.47. The standard InChI is InChI=1S/C18H13F2NO4/c1-23-12-5-10(6-13(9-12)24-2)7-16-18(22)25-17(21-16)14-4-3-11(19)8-15(14)20/h3-9H,1-2H3/b16-7-. The maximum absolute atomic E-state index is 13.8. The predicted molar refractivity (Wildman–Crippen MR) is 86.5 cm³/mol. The lowest BCUT2D eigenvalue weighted by atomic mass is 10.1. The Labute approximate surface area is 142 Å². The molecule has 3 rings (SSSR count). The SMILES string of the molecule is COc1cc(/C=C2\N=C(c3ccc(F)cc3F)OC2=O)cc(OC)c1. The molecule has 0 N–H and O–H groups in total. The molecule has 0 bridgehead atoms. The van der Waals surface area contributed by atoms with Gasteiger partial charge in [-0.1, -0.05) is 0 Å². The number of carbonyl (C=O) groups excluding carboxylic acids is 1. The lowest BCUT2D eigenvalue weighted by molar-refractivity contribution is -0.129. The van der Waals surface area contributed by atoms with Crippen molar-refractivity contribution in [2.45, 2.75) is 0 Å². The van der Waals surface area contributed by atoms with Crippen LogP contribution in [0, 0.1) is 11.6 Å². The molecule has 0 saturated carbocycles. The third kappa shape index (κ3) is 3.50. The van der Waals surface area contributed by atoms with Crippen molar-refractivity contribution < 1.29 is 27.8 Å². The molecule has 7 heteroatoms. The summed E-state index contributed by atoms with van der Waals surface area (Å²) in [7, 11) is 3.01. The molecule has 0 amide bonds. The van der Waals surface area contributed by atoms with Crippen LogP contribution in [0.5, 0.6) is 11.5 Å². The fourth-order valence-corrected chi connectivity index (χ4v) is 2.26. The van der Waals surface area contributed by atoms with Gasteiger partial charge in [0, 0.05) is 12.1 Å². The maximum atomic E-state index is 13.8. The van der Waals surface area contributed by atoms with E-state index in [0.29, 0.717) is 23.1 Å². The second kappa shape index (κ2) is 6.72. The van der Waals surface area contributed by atoms with Crippen LogP contribution in [0.25, 0.3) is 6.08 Å². The number of nitrogens with zero attached hydrogens (tertiary/aromatic N) is 1. The van der Waals surface area contributed by atoms with Crippen LogP contribution < -0.4 is 9.47 Å². The number of hydrogen-bond donors (Lipinski definition) is 0. The summed E-state index contributed by atoms with van der Waals surface area (Å²) in [5, 5.41) is 0. The highest BCUT2D eigenvalue weighted by Crippen LogP contribution is 2.26. The average molecular weight is 345 g/mol. The minimum absolute atomic E-state index is 0.0194. The van der Waals surface area contributed by atoms with Crippen molar-refractivity contribution in [2.75, 3.05) is 14.2 Å². The Hall–Kier alpha value is -3.22. The zero-order valence-corrected chi connectivity index (χ0v) is 13.4. The number of aliphatic imine (C=N–C) groups is 1. The van der Waals surface area contributed by atoms with Gasteiger partial charge in [0.1, 0.15) is 23.1 Å². The lowest BCUT2D eigenvalue weighted by Crippen LogP contribution is -2.07. The molecule has 1 heterocycles. The fourth-order valence-electron chi connectivity index (χ4n) is 2.26. The Morgan fingerprint density at radius 2 is 1.72 bits per heavy atom. The average Bonchev–Trinajstić information content (AvgIpc) is 2.94. The van der Waals surface area contributed by atoms with Gasteiger partial charge in [0.15, 0.2) is 5.70 Å². The van der Waals surface area contributed by atoms with Crippen molar-refractivity contribution in [3.8, 4) is 11.5 Å². The number of carbonyl (C=O) groups is 1. The molecule has 0 aromatic heterocycles. The molecule has 1 aliphatic heterocycles. The monoisotopic (exact) mass is 345 g/mol. The summed E-state index contributed by atoms with van der Waals surface area (Å²) in [6.07, 6.45) is 1.46. The van der Waals surface area contributed by atoms with Crippen LogP contribution in [0.2, 0.25) is 0 Å². The number of benzene rings is 2. The van der Waals surface area contributed by atoms with Crippen LogP contribution in [0.15, 0.2) is 47.1 Å². The van der Waals surface area contributed by atoms with E-state index in [9.17, 15) is 13.6 Å². The molecule has 0 radical (unpaired) electrons. The van der Waals surface area contributed by atoms with Gasteiger partial charge in [-0.3, -0.25) is 0 Å². The molecule has 2 aromatic carbocycles. The highest BCUT2D eigenvalue weighted by molar-refractivity contribution is 6.12. The summed E-state index contributed by atoms with van der Waals surface area (Å²) in [4.78, 5) is 16.0.